The molecule has 0 fully saturated rings. The zero-order valence-corrected chi connectivity index (χ0v) is 41.5. The zero-order chi connectivity index (χ0) is 50.1. The van der Waals surface area contributed by atoms with E-state index in [0.29, 0.717) is 0 Å². The molecule has 12 aromatic carbocycles. The molecule has 0 spiro atoms. The number of hydrogen-bond donors (Lipinski definition) is 0. The van der Waals surface area contributed by atoms with Gasteiger partial charge < -0.3 is 18.6 Å². The number of rotatable bonds is 9. The second-order valence-electron chi connectivity index (χ2n) is 19.7. The van der Waals surface area contributed by atoms with Crippen molar-refractivity contribution >= 4 is 82.1 Å². The fourth-order valence-corrected chi connectivity index (χ4v) is 11.9. The van der Waals surface area contributed by atoms with Crippen molar-refractivity contribution in [1.29, 1.82) is 0 Å². The molecule has 0 bridgehead atoms. The first-order valence-corrected chi connectivity index (χ1v) is 26.1. The van der Waals surface area contributed by atoms with Gasteiger partial charge in [-0.1, -0.05) is 182 Å². The van der Waals surface area contributed by atoms with Gasteiger partial charge in [0.15, 0.2) is 0 Å². The van der Waals surface area contributed by atoms with Crippen molar-refractivity contribution in [3.63, 3.8) is 0 Å². The Morgan fingerprint density at radius 1 is 0.211 bits per heavy atom. The molecule has 0 aliphatic rings. The van der Waals surface area contributed by atoms with Gasteiger partial charge in [0.2, 0.25) is 0 Å². The number of aromatic nitrogens is 3. The molecule has 0 aliphatic heterocycles. The van der Waals surface area contributed by atoms with E-state index in [4.69, 9.17) is 0 Å². The Kier molecular flexibility index (Phi) is 10.2. The summed E-state index contributed by atoms with van der Waals surface area (Å²) in [5.41, 5.74) is 17.1. The Morgan fingerprint density at radius 3 is 0.763 bits per heavy atom. The van der Waals surface area contributed by atoms with Crippen molar-refractivity contribution in [1.82, 2.24) is 13.7 Å². The maximum atomic E-state index is 2.42. The largest absolute Gasteiger partial charge is 0.310 e. The molecule has 0 radical (unpaired) electrons. The summed E-state index contributed by atoms with van der Waals surface area (Å²) in [7, 11) is 0. The zero-order valence-electron chi connectivity index (χ0n) is 41.5. The summed E-state index contributed by atoms with van der Waals surface area (Å²) in [5.74, 6) is 0. The van der Waals surface area contributed by atoms with E-state index in [1.807, 2.05) is 0 Å². The monoisotopic (exact) mass is 968 g/mol. The minimum atomic E-state index is 1.05. The van der Waals surface area contributed by atoms with E-state index in [-0.39, 0.29) is 0 Å². The third-order valence-electron chi connectivity index (χ3n) is 15.4. The number of fused-ring (bicyclic) bond motifs is 6. The molecule has 4 heteroatoms. The van der Waals surface area contributed by atoms with Gasteiger partial charge in [0.25, 0.3) is 0 Å². The molecule has 4 nitrogen and oxygen atoms in total. The van der Waals surface area contributed by atoms with Crippen molar-refractivity contribution < 1.29 is 0 Å². The molecule has 0 unspecified atom stereocenters. The Balaban J connectivity index is 0.879. The number of para-hydroxylation sites is 3. The lowest BCUT2D eigenvalue weighted by Gasteiger charge is -2.27. The van der Waals surface area contributed by atoms with E-state index in [2.05, 4.69) is 310 Å². The van der Waals surface area contributed by atoms with Gasteiger partial charge in [0.05, 0.1) is 33.6 Å². The molecule has 76 heavy (non-hydrogen) atoms. The Morgan fingerprint density at radius 2 is 0.461 bits per heavy atom. The molecular weight excluding hydrogens is 921 g/mol. The fraction of sp³-hybridized carbons (Fsp3) is 0. The van der Waals surface area contributed by atoms with Gasteiger partial charge in [-0.15, -0.1) is 0 Å². The van der Waals surface area contributed by atoms with Gasteiger partial charge in [0.1, 0.15) is 0 Å². The number of nitrogens with zero attached hydrogens (tertiary/aromatic N) is 4. The first-order chi connectivity index (χ1) is 37.7. The molecular formula is C72H48N4. The van der Waals surface area contributed by atoms with Crippen LogP contribution in [-0.2, 0) is 0 Å². The van der Waals surface area contributed by atoms with Crippen LogP contribution in [0.15, 0.2) is 291 Å². The lowest BCUT2D eigenvalue weighted by molar-refractivity contribution is 1.12. The van der Waals surface area contributed by atoms with Gasteiger partial charge in [-0.2, -0.15) is 0 Å². The second-order valence-corrected chi connectivity index (χ2v) is 19.7. The van der Waals surface area contributed by atoms with Crippen LogP contribution < -0.4 is 4.90 Å². The molecule has 3 aromatic heterocycles. The van der Waals surface area contributed by atoms with Gasteiger partial charge in [-0.3, -0.25) is 0 Å². The molecule has 0 saturated heterocycles. The van der Waals surface area contributed by atoms with Crippen molar-refractivity contribution in [2.24, 2.45) is 0 Å². The second kappa shape index (κ2) is 17.8. The predicted octanol–water partition coefficient (Wildman–Crippen LogP) is 19.4. The summed E-state index contributed by atoms with van der Waals surface area (Å²) in [6.45, 7) is 0. The minimum Gasteiger partial charge on any atom is -0.310 e. The van der Waals surface area contributed by atoms with Crippen molar-refractivity contribution in [2.75, 3.05) is 4.90 Å². The minimum absolute atomic E-state index is 1.05. The summed E-state index contributed by atoms with van der Waals surface area (Å²) in [5, 5.41) is 11.0. The van der Waals surface area contributed by atoms with Crippen LogP contribution in [-0.4, -0.2) is 13.7 Å². The van der Waals surface area contributed by atoms with Gasteiger partial charge in [0, 0.05) is 67.0 Å². The first kappa shape index (κ1) is 43.4. The van der Waals surface area contributed by atoms with E-state index in [0.717, 1.165) is 51.2 Å². The summed E-state index contributed by atoms with van der Waals surface area (Å²) < 4.78 is 7.25. The maximum Gasteiger partial charge on any atom is 0.0547 e. The normalized spacial score (nSPS) is 11.7. The average Bonchev–Trinajstić information content (AvgIpc) is 4.24. The first-order valence-electron chi connectivity index (χ1n) is 26.1. The van der Waals surface area contributed by atoms with Crippen molar-refractivity contribution in [3.05, 3.63) is 291 Å². The van der Waals surface area contributed by atoms with E-state index >= 15 is 0 Å². The van der Waals surface area contributed by atoms with Crippen LogP contribution in [0.1, 0.15) is 0 Å². The molecule has 0 aliphatic carbocycles. The molecule has 356 valence electrons. The predicted molar refractivity (Wildman–Crippen MR) is 320 cm³/mol. The Bertz CT molecular complexity index is 4190. The number of hydrogen-bond acceptors (Lipinski definition) is 1. The summed E-state index contributed by atoms with van der Waals surface area (Å²) in [4.78, 5) is 2.38. The molecule has 3 heterocycles. The standard InChI is InChI=1S/C72H48N4/c1-7-25-61-49(16-1)22-13-28-64(61)70-46-52-19-4-10-31-67(52)74(70)58-40-34-55(35-41-58)73(56-36-42-59(43-37-56)75-68-32-11-5-20-53(68)47-71(75)65-29-14-23-50-17-2-8-26-62(50)65)57-38-44-60(45-39-57)76-69-33-12-6-21-54(69)48-72(76)66-30-15-24-51-18-3-9-27-63(51)66/h1-48H. The summed E-state index contributed by atoms with van der Waals surface area (Å²) >= 11 is 0. The van der Waals surface area contributed by atoms with Crippen LogP contribution in [0.5, 0.6) is 0 Å². The number of anilines is 3. The smallest absolute Gasteiger partial charge is 0.0547 e. The summed E-state index contributed by atoms with van der Waals surface area (Å²) in [6, 6.07) is 106. The highest BCUT2D eigenvalue weighted by molar-refractivity contribution is 6.03. The number of benzene rings is 12. The molecule has 0 amide bonds. The fourth-order valence-electron chi connectivity index (χ4n) is 11.9. The average molecular weight is 969 g/mol. The Hall–Kier alpha value is -10.2. The van der Waals surface area contributed by atoms with Gasteiger partial charge in [-0.05, 0) is 142 Å². The van der Waals surface area contributed by atoms with Crippen LogP contribution in [0, 0.1) is 0 Å². The van der Waals surface area contributed by atoms with Crippen LogP contribution in [0.25, 0.3) is 116 Å². The lowest BCUT2D eigenvalue weighted by atomic mass is 10.0. The van der Waals surface area contributed by atoms with E-state index < -0.39 is 0 Å². The molecule has 0 saturated carbocycles. The third kappa shape index (κ3) is 7.14. The van der Waals surface area contributed by atoms with Crippen LogP contribution in [0.3, 0.4) is 0 Å². The molecule has 0 atom stereocenters. The third-order valence-corrected chi connectivity index (χ3v) is 15.4. The molecule has 0 N–H and O–H groups in total. The van der Waals surface area contributed by atoms with E-state index in [9.17, 15) is 0 Å². The SMILES string of the molecule is c1ccc2c(-c3cc4ccccc4n3-c3ccc(N(c4ccc(-n5c(-c6cccc7ccccc67)cc6ccccc65)cc4)c4ccc(-n5c(-c6cccc7ccccc67)cc6ccccc65)cc4)cc3)cccc2c1. The highest BCUT2D eigenvalue weighted by atomic mass is 15.1. The van der Waals surface area contributed by atoms with Crippen LogP contribution >= 0.6 is 0 Å². The van der Waals surface area contributed by atoms with Crippen LogP contribution in [0.2, 0.25) is 0 Å². The lowest BCUT2D eigenvalue weighted by Crippen LogP contribution is -2.11. The van der Waals surface area contributed by atoms with E-state index in [1.165, 1.54) is 81.7 Å². The summed E-state index contributed by atoms with van der Waals surface area (Å²) in [6.07, 6.45) is 0. The molecule has 15 rings (SSSR count). The van der Waals surface area contributed by atoms with Crippen molar-refractivity contribution in [2.45, 2.75) is 0 Å². The maximum absolute atomic E-state index is 2.42. The van der Waals surface area contributed by atoms with Crippen molar-refractivity contribution in [3.8, 4) is 50.8 Å². The Labute approximate surface area is 440 Å². The highest BCUT2D eigenvalue weighted by Gasteiger charge is 2.21. The molecule has 15 aromatic rings. The van der Waals surface area contributed by atoms with Crippen LogP contribution in [0.4, 0.5) is 17.1 Å². The highest BCUT2D eigenvalue weighted by Crippen LogP contribution is 2.42. The van der Waals surface area contributed by atoms with Gasteiger partial charge >= 0.3 is 0 Å². The van der Waals surface area contributed by atoms with Gasteiger partial charge in [-0.25, -0.2) is 0 Å². The quantitative estimate of drug-likeness (QED) is 0.141. The van der Waals surface area contributed by atoms with E-state index in [1.54, 1.807) is 0 Å². The topological polar surface area (TPSA) is 18.0 Å².